The number of aromatic nitrogens is 2. The smallest absolute Gasteiger partial charge is 0.329 e. The highest BCUT2D eigenvalue weighted by atomic mass is 79.9. The fraction of sp³-hybridized carbons (Fsp3) is 0.273. The normalized spacial score (nSPS) is 11.0. The lowest BCUT2D eigenvalue weighted by molar-refractivity contribution is 0.613. The molecule has 5 nitrogen and oxygen atoms in total. The zero-order valence-electron chi connectivity index (χ0n) is 9.31. The Bertz CT molecular complexity index is 687. The summed E-state index contributed by atoms with van der Waals surface area (Å²) in [6.07, 6.45) is 0. The van der Waals surface area contributed by atoms with Crippen molar-refractivity contribution in [1.29, 1.82) is 0 Å². The van der Waals surface area contributed by atoms with Crippen LogP contribution in [0.4, 0.5) is 0 Å². The Kier molecular flexibility index (Phi) is 3.17. The minimum absolute atomic E-state index is 0.230. The Balaban J connectivity index is 3.01. The summed E-state index contributed by atoms with van der Waals surface area (Å²) in [5.74, 6) is 0. The number of hydrogen-bond acceptors (Lipinski definition) is 3. The molecule has 17 heavy (non-hydrogen) atoms. The number of hydrogen-bond donors (Lipinski definition) is 1. The van der Waals surface area contributed by atoms with Gasteiger partial charge in [0, 0.05) is 24.6 Å². The zero-order chi connectivity index (χ0) is 12.6. The van der Waals surface area contributed by atoms with E-state index in [1.807, 2.05) is 0 Å². The quantitative estimate of drug-likeness (QED) is 0.873. The van der Waals surface area contributed by atoms with Gasteiger partial charge < -0.3 is 5.73 Å². The lowest BCUT2D eigenvalue weighted by Gasteiger charge is -2.10. The van der Waals surface area contributed by atoms with E-state index in [0.717, 1.165) is 9.04 Å². The van der Waals surface area contributed by atoms with Gasteiger partial charge >= 0.3 is 5.69 Å². The van der Waals surface area contributed by atoms with Crippen LogP contribution in [-0.2, 0) is 13.6 Å². The maximum absolute atomic E-state index is 12.1. The third-order valence-electron chi connectivity index (χ3n) is 2.67. The van der Waals surface area contributed by atoms with E-state index in [9.17, 15) is 9.59 Å². The van der Waals surface area contributed by atoms with E-state index < -0.39 is 0 Å². The number of aryl methyl sites for hydroxylation is 1. The number of nitrogens with two attached hydrogens (primary N) is 1. The van der Waals surface area contributed by atoms with Gasteiger partial charge in [0.1, 0.15) is 0 Å². The van der Waals surface area contributed by atoms with Crippen LogP contribution in [0.5, 0.6) is 0 Å². The molecule has 0 atom stereocenters. The van der Waals surface area contributed by atoms with E-state index in [1.165, 1.54) is 4.57 Å². The fourth-order valence-corrected chi connectivity index (χ4v) is 2.50. The van der Waals surface area contributed by atoms with Crippen LogP contribution >= 0.6 is 15.9 Å². The van der Waals surface area contributed by atoms with Crippen LogP contribution in [0.2, 0.25) is 0 Å². The maximum Gasteiger partial charge on any atom is 0.331 e. The highest BCUT2D eigenvalue weighted by molar-refractivity contribution is 9.10. The largest absolute Gasteiger partial charge is 0.331 e. The van der Waals surface area contributed by atoms with Gasteiger partial charge in [-0.1, -0.05) is 6.07 Å². The first-order valence-electron chi connectivity index (χ1n) is 5.16. The summed E-state index contributed by atoms with van der Waals surface area (Å²) in [4.78, 5) is 24.1. The zero-order valence-corrected chi connectivity index (χ0v) is 10.9. The van der Waals surface area contributed by atoms with Crippen molar-refractivity contribution in [2.45, 2.75) is 6.54 Å². The molecule has 0 amide bonds. The van der Waals surface area contributed by atoms with Crippen molar-refractivity contribution in [3.05, 3.63) is 43.5 Å². The molecule has 6 heteroatoms. The van der Waals surface area contributed by atoms with E-state index in [-0.39, 0.29) is 24.3 Å². The Morgan fingerprint density at radius 2 is 2.06 bits per heavy atom. The van der Waals surface area contributed by atoms with Crippen LogP contribution in [0.25, 0.3) is 10.9 Å². The molecule has 2 aromatic rings. The molecule has 0 spiro atoms. The van der Waals surface area contributed by atoms with Crippen molar-refractivity contribution in [3.8, 4) is 0 Å². The van der Waals surface area contributed by atoms with E-state index in [4.69, 9.17) is 5.73 Å². The molecule has 0 saturated heterocycles. The SMILES string of the molecule is Cn1c(=O)n(CCN)c(=O)c2cccc(Br)c21. The first kappa shape index (κ1) is 12.1. The van der Waals surface area contributed by atoms with Crippen LogP contribution in [0, 0.1) is 0 Å². The third kappa shape index (κ3) is 1.83. The van der Waals surface area contributed by atoms with Crippen LogP contribution < -0.4 is 17.0 Å². The molecule has 0 unspecified atom stereocenters. The Morgan fingerprint density at radius 3 is 2.71 bits per heavy atom. The van der Waals surface area contributed by atoms with Gasteiger partial charge in [-0.2, -0.15) is 0 Å². The fourth-order valence-electron chi connectivity index (χ4n) is 1.86. The number of rotatable bonds is 2. The monoisotopic (exact) mass is 297 g/mol. The van der Waals surface area contributed by atoms with Crippen molar-refractivity contribution in [3.63, 3.8) is 0 Å². The summed E-state index contributed by atoms with van der Waals surface area (Å²) in [7, 11) is 1.64. The minimum Gasteiger partial charge on any atom is -0.329 e. The predicted octanol–water partition coefficient (Wildman–Crippen LogP) is 0.421. The van der Waals surface area contributed by atoms with Gasteiger partial charge in [-0.25, -0.2) is 4.79 Å². The number of fused-ring (bicyclic) bond motifs is 1. The molecule has 0 bridgehead atoms. The Hall–Kier alpha value is -1.40. The molecule has 0 aliphatic rings. The van der Waals surface area contributed by atoms with Gasteiger partial charge in [0.25, 0.3) is 5.56 Å². The Morgan fingerprint density at radius 1 is 1.35 bits per heavy atom. The van der Waals surface area contributed by atoms with Crippen molar-refractivity contribution in [2.24, 2.45) is 12.8 Å². The first-order valence-corrected chi connectivity index (χ1v) is 5.95. The minimum atomic E-state index is -0.347. The number of nitrogens with zero attached hydrogens (tertiary/aromatic N) is 2. The lowest BCUT2D eigenvalue weighted by atomic mass is 10.2. The van der Waals surface area contributed by atoms with Crippen molar-refractivity contribution in [2.75, 3.05) is 6.54 Å². The topological polar surface area (TPSA) is 70.0 Å². The third-order valence-corrected chi connectivity index (χ3v) is 3.31. The van der Waals surface area contributed by atoms with Crippen molar-refractivity contribution >= 4 is 26.8 Å². The second-order valence-electron chi connectivity index (χ2n) is 3.72. The summed E-state index contributed by atoms with van der Waals surface area (Å²) in [5, 5.41) is 0.509. The summed E-state index contributed by atoms with van der Waals surface area (Å²) in [6, 6.07) is 5.27. The highest BCUT2D eigenvalue weighted by Gasteiger charge is 2.11. The molecule has 0 fully saturated rings. The average Bonchev–Trinajstić information content (AvgIpc) is 2.31. The van der Waals surface area contributed by atoms with Gasteiger partial charge in [0.2, 0.25) is 0 Å². The van der Waals surface area contributed by atoms with Crippen LogP contribution in [0.15, 0.2) is 32.3 Å². The van der Waals surface area contributed by atoms with E-state index >= 15 is 0 Å². The van der Waals surface area contributed by atoms with Gasteiger partial charge in [-0.15, -0.1) is 0 Å². The molecule has 0 aliphatic carbocycles. The molecule has 1 heterocycles. The van der Waals surface area contributed by atoms with Crippen molar-refractivity contribution in [1.82, 2.24) is 9.13 Å². The van der Waals surface area contributed by atoms with E-state index in [1.54, 1.807) is 25.2 Å². The molecule has 1 aromatic heterocycles. The summed E-state index contributed by atoms with van der Waals surface area (Å²) in [6.45, 7) is 0.489. The van der Waals surface area contributed by atoms with Gasteiger partial charge in [-0.05, 0) is 28.1 Å². The van der Waals surface area contributed by atoms with Crippen LogP contribution in [0.3, 0.4) is 0 Å². The summed E-state index contributed by atoms with van der Waals surface area (Å²) in [5.41, 5.74) is 5.37. The first-order chi connectivity index (χ1) is 8.07. The highest BCUT2D eigenvalue weighted by Crippen LogP contribution is 2.19. The van der Waals surface area contributed by atoms with Gasteiger partial charge in [0.05, 0.1) is 10.9 Å². The number of para-hydroxylation sites is 1. The van der Waals surface area contributed by atoms with Gasteiger partial charge in [-0.3, -0.25) is 13.9 Å². The molecule has 1 aromatic carbocycles. The van der Waals surface area contributed by atoms with Crippen molar-refractivity contribution < 1.29 is 0 Å². The summed E-state index contributed by atoms with van der Waals surface area (Å²) < 4.78 is 3.34. The Labute approximate surface area is 106 Å². The molecule has 0 aliphatic heterocycles. The molecular formula is C11H12BrN3O2. The van der Waals surface area contributed by atoms with Crippen LogP contribution in [0.1, 0.15) is 0 Å². The molecule has 2 rings (SSSR count). The molecule has 2 N–H and O–H groups in total. The summed E-state index contributed by atoms with van der Waals surface area (Å²) >= 11 is 3.35. The second-order valence-corrected chi connectivity index (χ2v) is 4.58. The average molecular weight is 298 g/mol. The standard InChI is InChI=1S/C11H12BrN3O2/c1-14-9-7(3-2-4-8(9)12)10(16)15(6-5-13)11(14)17/h2-4H,5-6,13H2,1H3. The second kappa shape index (κ2) is 4.46. The number of halogens is 1. The molecular weight excluding hydrogens is 286 g/mol. The molecule has 90 valence electrons. The maximum atomic E-state index is 12.1. The van der Waals surface area contributed by atoms with Gasteiger partial charge in [0.15, 0.2) is 0 Å². The van der Waals surface area contributed by atoms with E-state index in [2.05, 4.69) is 15.9 Å². The predicted molar refractivity (Wildman–Crippen MR) is 70.2 cm³/mol. The van der Waals surface area contributed by atoms with E-state index in [0.29, 0.717) is 10.9 Å². The number of benzene rings is 1. The molecule has 0 radical (unpaired) electrons. The van der Waals surface area contributed by atoms with Crippen LogP contribution in [-0.4, -0.2) is 15.7 Å². The molecule has 0 saturated carbocycles. The lowest BCUT2D eigenvalue weighted by Crippen LogP contribution is -2.40.